The number of rotatable bonds is 6. The van der Waals surface area contributed by atoms with Gasteiger partial charge in [-0.1, -0.05) is 11.6 Å². The summed E-state index contributed by atoms with van der Waals surface area (Å²) in [4.78, 5) is 45.5. The van der Waals surface area contributed by atoms with Gasteiger partial charge in [0.15, 0.2) is 17.4 Å². The maximum absolute atomic E-state index is 14.6. The molecule has 0 atom stereocenters. The maximum atomic E-state index is 14.6. The molecule has 0 saturated carbocycles. The van der Waals surface area contributed by atoms with Crippen molar-refractivity contribution in [3.8, 4) is 17.0 Å². The Hall–Kier alpha value is -4.26. The second-order valence-corrected chi connectivity index (χ2v) is 10.8. The standard InChI is InChI=1S/C28H29ClF3N5O5/c1-28(2,3)42-27(40)37-11-9-36(10-12-37)26(39)17-6-5-16(13-19(17)29)34-25(38)24-33-14-20(35(24)4)18-7-8-21(41-15-30)23(32)22(18)31/h5-8,13-14H,9-12,15H2,1-4H3,(H,34,38). The van der Waals surface area contributed by atoms with Crippen molar-refractivity contribution in [2.24, 2.45) is 7.05 Å². The molecule has 0 spiro atoms. The smallest absolute Gasteiger partial charge is 0.410 e. The Morgan fingerprint density at radius 2 is 1.69 bits per heavy atom. The third kappa shape index (κ3) is 6.62. The molecule has 1 aromatic heterocycles. The highest BCUT2D eigenvalue weighted by Crippen LogP contribution is 2.30. The third-order valence-corrected chi connectivity index (χ3v) is 6.71. The van der Waals surface area contributed by atoms with Crippen molar-refractivity contribution >= 4 is 35.2 Å². The number of imidazole rings is 1. The highest BCUT2D eigenvalue weighted by atomic mass is 35.5. The molecule has 42 heavy (non-hydrogen) atoms. The summed E-state index contributed by atoms with van der Waals surface area (Å²) in [6.07, 6.45) is 0.755. The van der Waals surface area contributed by atoms with Crippen LogP contribution in [-0.4, -0.2) is 75.9 Å². The molecule has 3 amide bonds. The number of anilines is 1. The third-order valence-electron chi connectivity index (χ3n) is 6.40. The maximum Gasteiger partial charge on any atom is 0.410 e. The van der Waals surface area contributed by atoms with Gasteiger partial charge >= 0.3 is 6.09 Å². The van der Waals surface area contributed by atoms with Crippen LogP contribution >= 0.6 is 11.6 Å². The van der Waals surface area contributed by atoms with Crippen molar-refractivity contribution in [1.29, 1.82) is 0 Å². The summed E-state index contributed by atoms with van der Waals surface area (Å²) >= 11 is 6.39. The molecule has 2 aromatic carbocycles. The Bertz CT molecular complexity index is 1520. The van der Waals surface area contributed by atoms with Gasteiger partial charge < -0.3 is 29.2 Å². The summed E-state index contributed by atoms with van der Waals surface area (Å²) in [7, 11) is 1.44. The van der Waals surface area contributed by atoms with Gasteiger partial charge in [0.2, 0.25) is 12.7 Å². The van der Waals surface area contributed by atoms with Gasteiger partial charge in [0, 0.05) is 44.5 Å². The Morgan fingerprint density at radius 1 is 1.02 bits per heavy atom. The number of benzene rings is 2. The van der Waals surface area contributed by atoms with Crippen LogP contribution in [0.1, 0.15) is 41.7 Å². The number of aromatic nitrogens is 2. The van der Waals surface area contributed by atoms with E-state index in [0.29, 0.717) is 26.2 Å². The number of carbonyl (C=O) groups is 3. The molecule has 224 valence electrons. The van der Waals surface area contributed by atoms with E-state index in [-0.39, 0.29) is 39.3 Å². The number of nitrogens with one attached hydrogen (secondary N) is 1. The van der Waals surface area contributed by atoms with Crippen LogP contribution in [0, 0.1) is 11.6 Å². The number of hydrogen-bond acceptors (Lipinski definition) is 6. The number of alkyl halides is 1. The van der Waals surface area contributed by atoms with Crippen molar-refractivity contribution in [2.75, 3.05) is 38.4 Å². The molecular formula is C28H29ClF3N5O5. The molecule has 3 aromatic rings. The van der Waals surface area contributed by atoms with Gasteiger partial charge in [-0.25, -0.2) is 18.6 Å². The van der Waals surface area contributed by atoms with E-state index >= 15 is 0 Å². The number of nitrogens with zero attached hydrogens (tertiary/aromatic N) is 4. The molecule has 10 nitrogen and oxygen atoms in total. The summed E-state index contributed by atoms with van der Waals surface area (Å²) in [6.45, 7) is 5.23. The highest BCUT2D eigenvalue weighted by Gasteiger charge is 2.29. The monoisotopic (exact) mass is 607 g/mol. The topological polar surface area (TPSA) is 106 Å². The molecule has 0 bridgehead atoms. The Balaban J connectivity index is 1.42. The van der Waals surface area contributed by atoms with Crippen molar-refractivity contribution < 1.29 is 37.0 Å². The average molecular weight is 608 g/mol. The number of ether oxygens (including phenoxy) is 2. The molecule has 1 N–H and O–H groups in total. The van der Waals surface area contributed by atoms with Crippen LogP contribution in [0.2, 0.25) is 5.02 Å². The first-order chi connectivity index (χ1) is 19.8. The molecule has 1 aliphatic rings. The average Bonchev–Trinajstić information content (AvgIpc) is 3.31. The van der Waals surface area contributed by atoms with E-state index in [9.17, 15) is 27.6 Å². The van der Waals surface area contributed by atoms with Gasteiger partial charge in [-0.2, -0.15) is 4.39 Å². The molecule has 0 aliphatic carbocycles. The predicted octanol–water partition coefficient (Wildman–Crippen LogP) is 5.27. The largest absolute Gasteiger partial charge is 0.460 e. The zero-order valence-electron chi connectivity index (χ0n) is 23.3. The van der Waals surface area contributed by atoms with Gasteiger partial charge in [0.1, 0.15) is 5.60 Å². The minimum absolute atomic E-state index is 0.0918. The molecule has 2 heterocycles. The summed E-state index contributed by atoms with van der Waals surface area (Å²) < 4.78 is 52.3. The zero-order valence-corrected chi connectivity index (χ0v) is 24.1. The molecular weight excluding hydrogens is 579 g/mol. The first kappa shape index (κ1) is 30.7. The Labute approximate surface area is 245 Å². The van der Waals surface area contributed by atoms with E-state index in [1.165, 1.54) is 42.1 Å². The van der Waals surface area contributed by atoms with Gasteiger partial charge in [-0.15, -0.1) is 0 Å². The molecule has 4 rings (SSSR count). The SMILES string of the molecule is Cn1c(-c2ccc(OCF)c(F)c2F)cnc1C(=O)Nc1ccc(C(=O)N2CCN(C(=O)OC(C)(C)C)CC2)c(Cl)c1. The van der Waals surface area contributed by atoms with Crippen LogP contribution in [0.5, 0.6) is 5.75 Å². The normalized spacial score (nSPS) is 13.6. The number of hydrogen-bond donors (Lipinski definition) is 1. The highest BCUT2D eigenvalue weighted by molar-refractivity contribution is 6.34. The fourth-order valence-corrected chi connectivity index (χ4v) is 4.57. The summed E-state index contributed by atoms with van der Waals surface area (Å²) in [6, 6.07) is 6.65. The van der Waals surface area contributed by atoms with Gasteiger partial charge in [0.05, 0.1) is 22.5 Å². The first-order valence-corrected chi connectivity index (χ1v) is 13.3. The summed E-state index contributed by atoms with van der Waals surface area (Å²) in [5, 5.41) is 2.72. The molecule has 0 radical (unpaired) electrons. The van der Waals surface area contributed by atoms with Gasteiger partial charge in [-0.3, -0.25) is 9.59 Å². The lowest BCUT2D eigenvalue weighted by Gasteiger charge is -2.35. The molecule has 14 heteroatoms. The van der Waals surface area contributed by atoms with Crippen molar-refractivity contribution in [2.45, 2.75) is 26.4 Å². The molecule has 1 saturated heterocycles. The van der Waals surface area contributed by atoms with Gasteiger partial charge in [-0.05, 0) is 51.1 Å². The van der Waals surface area contributed by atoms with Crippen LogP contribution in [0.4, 0.5) is 23.7 Å². The Kier molecular flexibility index (Phi) is 9.00. The van der Waals surface area contributed by atoms with Crippen LogP contribution in [-0.2, 0) is 11.8 Å². The van der Waals surface area contributed by atoms with Crippen molar-refractivity contribution in [1.82, 2.24) is 19.4 Å². The minimum Gasteiger partial charge on any atom is -0.460 e. The van der Waals surface area contributed by atoms with Crippen molar-refractivity contribution in [3.05, 3.63) is 64.6 Å². The Morgan fingerprint density at radius 3 is 2.31 bits per heavy atom. The number of piperazine rings is 1. The summed E-state index contributed by atoms with van der Waals surface area (Å²) in [5.41, 5.74) is -0.243. The van der Waals surface area contributed by atoms with E-state index in [1.54, 1.807) is 30.6 Å². The quantitative estimate of drug-likeness (QED) is 0.409. The van der Waals surface area contributed by atoms with E-state index in [0.717, 1.165) is 6.07 Å². The minimum atomic E-state index is -1.37. The van der Waals surface area contributed by atoms with Crippen LogP contribution in [0.25, 0.3) is 11.3 Å². The zero-order chi connectivity index (χ0) is 30.8. The van der Waals surface area contributed by atoms with Crippen molar-refractivity contribution in [3.63, 3.8) is 0 Å². The van der Waals surface area contributed by atoms with Crippen LogP contribution in [0.15, 0.2) is 36.5 Å². The van der Waals surface area contributed by atoms with E-state index in [2.05, 4.69) is 15.0 Å². The number of amides is 3. The fourth-order valence-electron chi connectivity index (χ4n) is 4.31. The molecule has 1 fully saturated rings. The number of halogens is 4. The van der Waals surface area contributed by atoms with Crippen LogP contribution in [0.3, 0.4) is 0 Å². The van der Waals surface area contributed by atoms with E-state index in [4.69, 9.17) is 16.3 Å². The summed E-state index contributed by atoms with van der Waals surface area (Å²) in [5.74, 6) is -4.35. The lowest BCUT2D eigenvalue weighted by atomic mass is 10.1. The van der Waals surface area contributed by atoms with Crippen LogP contribution < -0.4 is 10.1 Å². The van der Waals surface area contributed by atoms with E-state index < -0.39 is 41.8 Å². The molecule has 1 aliphatic heterocycles. The first-order valence-electron chi connectivity index (χ1n) is 12.9. The number of carbonyl (C=O) groups excluding carboxylic acids is 3. The van der Waals surface area contributed by atoms with Gasteiger partial charge in [0.25, 0.3) is 11.8 Å². The second-order valence-electron chi connectivity index (χ2n) is 10.4. The molecule has 0 unspecified atom stereocenters. The fraction of sp³-hybridized carbons (Fsp3) is 0.357. The second kappa shape index (κ2) is 12.3. The lowest BCUT2D eigenvalue weighted by molar-refractivity contribution is 0.0141. The predicted molar refractivity (Wildman–Crippen MR) is 148 cm³/mol. The lowest BCUT2D eigenvalue weighted by Crippen LogP contribution is -2.51. The van der Waals surface area contributed by atoms with E-state index in [1.807, 2.05) is 0 Å².